The first-order chi connectivity index (χ1) is 17.0. The first-order valence-corrected chi connectivity index (χ1v) is 12.9. The summed E-state index contributed by atoms with van der Waals surface area (Å²) in [7, 11) is 0. The zero-order chi connectivity index (χ0) is 26.3. The summed E-state index contributed by atoms with van der Waals surface area (Å²) in [6, 6.07) is -0.760. The monoisotopic (exact) mass is 523 g/mol. The Bertz CT molecular complexity index is 1000. The van der Waals surface area contributed by atoms with E-state index in [2.05, 4.69) is 10.3 Å². The fourth-order valence-electron chi connectivity index (χ4n) is 5.49. The lowest BCUT2D eigenvalue weighted by atomic mass is 9.79. The maximum absolute atomic E-state index is 13.1. The molecule has 4 heterocycles. The molecule has 4 rings (SSSR count). The number of nitrogens with one attached hydrogen (secondary N) is 1. The minimum Gasteiger partial charge on any atom is -0.477 e. The third kappa shape index (κ3) is 4.76. The van der Waals surface area contributed by atoms with Crippen molar-refractivity contribution in [3.63, 3.8) is 0 Å². The molecule has 0 bridgehead atoms. The molecule has 3 saturated heterocycles. The minimum atomic E-state index is -1.16. The number of hydrogen-bond donors (Lipinski definition) is 5. The molecule has 14 heteroatoms. The Balaban J connectivity index is 1.33. The Hall–Kier alpha value is -2.84. The molecule has 6 atom stereocenters. The third-order valence-electron chi connectivity index (χ3n) is 7.33. The average molecular weight is 524 g/mol. The molecule has 13 nitrogen and oxygen atoms in total. The smallest absolute Gasteiger partial charge is 0.353 e. The van der Waals surface area contributed by atoms with Crippen LogP contribution in [0.25, 0.3) is 0 Å². The molecule has 3 amide bonds. The van der Waals surface area contributed by atoms with Gasteiger partial charge in [-0.2, -0.15) is 0 Å². The van der Waals surface area contributed by atoms with E-state index in [9.17, 15) is 29.4 Å². The lowest BCUT2D eigenvalue weighted by molar-refractivity contribution is -0.163. The van der Waals surface area contributed by atoms with Crippen LogP contribution < -0.4 is 16.8 Å². The number of thioether (sulfide) groups is 1. The van der Waals surface area contributed by atoms with E-state index in [1.165, 1.54) is 16.7 Å². The highest BCUT2D eigenvalue weighted by Crippen LogP contribution is 2.51. The lowest BCUT2D eigenvalue weighted by Gasteiger charge is -2.46. The molecule has 0 radical (unpaired) electrons. The van der Waals surface area contributed by atoms with Crippen molar-refractivity contribution in [1.82, 2.24) is 20.0 Å². The van der Waals surface area contributed by atoms with E-state index >= 15 is 0 Å². The molecule has 198 valence electrons. The van der Waals surface area contributed by atoms with Crippen molar-refractivity contribution in [2.24, 2.45) is 28.3 Å². The van der Waals surface area contributed by atoms with Crippen LogP contribution >= 0.6 is 11.8 Å². The lowest BCUT2D eigenvalue weighted by Crippen LogP contribution is -2.63. The van der Waals surface area contributed by atoms with Crippen LogP contribution in [0, 0.1) is 11.8 Å². The van der Waals surface area contributed by atoms with Gasteiger partial charge in [-0.25, -0.2) is 9.79 Å². The van der Waals surface area contributed by atoms with Crippen molar-refractivity contribution in [3.8, 4) is 0 Å². The summed E-state index contributed by atoms with van der Waals surface area (Å²) >= 11 is 1.41. The van der Waals surface area contributed by atoms with Gasteiger partial charge >= 0.3 is 5.97 Å². The van der Waals surface area contributed by atoms with E-state index in [0.29, 0.717) is 44.0 Å². The number of aliphatic hydroxyl groups is 1. The minimum absolute atomic E-state index is 0.00399. The topological polar surface area (TPSA) is 195 Å². The normalized spacial score (nSPS) is 30.7. The number of aliphatic hydroxyl groups excluding tert-OH is 1. The first-order valence-electron chi connectivity index (χ1n) is 12.0. The number of carboxylic acid groups (broad SMARTS) is 1. The van der Waals surface area contributed by atoms with Crippen molar-refractivity contribution in [1.29, 1.82) is 0 Å². The number of nitrogens with zero attached hydrogens (tertiary/aromatic N) is 4. The van der Waals surface area contributed by atoms with Crippen LogP contribution in [-0.4, -0.2) is 117 Å². The highest BCUT2D eigenvalue weighted by molar-refractivity contribution is 8.03. The number of β-lactam (4-membered cyclic amide) rings is 1. The maximum Gasteiger partial charge on any atom is 0.353 e. The third-order valence-corrected chi connectivity index (χ3v) is 8.85. The number of fused-ring (bicyclic) bond motifs is 1. The molecule has 36 heavy (non-hydrogen) atoms. The van der Waals surface area contributed by atoms with Crippen LogP contribution in [-0.2, 0) is 19.2 Å². The fraction of sp³-hybridized carbons (Fsp3) is 0.682. The number of aliphatic imine (C=N–C) groups is 1. The maximum atomic E-state index is 13.1. The van der Waals surface area contributed by atoms with Crippen LogP contribution in [0.15, 0.2) is 15.6 Å². The van der Waals surface area contributed by atoms with Gasteiger partial charge in [0.2, 0.25) is 17.7 Å². The number of carboxylic acids is 1. The van der Waals surface area contributed by atoms with Gasteiger partial charge in [0.15, 0.2) is 5.96 Å². The number of rotatable bonds is 7. The number of carbonyl (C=O) groups is 4. The number of guanidine groups is 1. The van der Waals surface area contributed by atoms with E-state index < -0.39 is 24.0 Å². The van der Waals surface area contributed by atoms with Gasteiger partial charge in [0.05, 0.1) is 24.1 Å². The van der Waals surface area contributed by atoms with Gasteiger partial charge in [-0.15, -0.1) is 11.8 Å². The van der Waals surface area contributed by atoms with E-state index in [0.717, 1.165) is 0 Å². The molecule has 0 aromatic heterocycles. The number of amides is 3. The Morgan fingerprint density at radius 1 is 1.19 bits per heavy atom. The van der Waals surface area contributed by atoms with Gasteiger partial charge in [-0.05, 0) is 13.3 Å². The second kappa shape index (κ2) is 10.3. The molecule has 0 aliphatic carbocycles. The fourth-order valence-corrected chi connectivity index (χ4v) is 6.97. The summed E-state index contributed by atoms with van der Waals surface area (Å²) < 4.78 is 0. The molecule has 0 saturated carbocycles. The van der Waals surface area contributed by atoms with Crippen LogP contribution in [0.4, 0.5) is 0 Å². The van der Waals surface area contributed by atoms with E-state index in [-0.39, 0.29) is 53.1 Å². The molecule has 0 spiro atoms. The van der Waals surface area contributed by atoms with Gasteiger partial charge in [0.25, 0.3) is 0 Å². The predicted molar refractivity (Wildman–Crippen MR) is 131 cm³/mol. The molecular formula is C22H33N7O6S. The summed E-state index contributed by atoms with van der Waals surface area (Å²) in [5, 5.41) is 23.0. The van der Waals surface area contributed by atoms with Gasteiger partial charge in [0.1, 0.15) is 12.2 Å². The number of aliphatic carboxylic acids is 1. The summed E-state index contributed by atoms with van der Waals surface area (Å²) in [4.78, 5) is 58.8. The SMILES string of the molecule is C[C@@H](O)[C@H]1C(=O)N2C(C(=O)O)=C(S[C@@H]3CN[C@H](C(=O)N4CCN(C(=O)CN=C(N)N)CC4)C3)[C@H](C)[C@H]12. The summed E-state index contributed by atoms with van der Waals surface area (Å²) in [6.45, 7) is 5.47. The Labute approximate surface area is 212 Å². The zero-order valence-corrected chi connectivity index (χ0v) is 21.1. The van der Waals surface area contributed by atoms with Crippen molar-refractivity contribution in [2.45, 2.75) is 43.7 Å². The average Bonchev–Trinajstić information content (AvgIpc) is 3.38. The molecule has 3 fully saturated rings. The van der Waals surface area contributed by atoms with Crippen molar-refractivity contribution < 1.29 is 29.4 Å². The van der Waals surface area contributed by atoms with Crippen molar-refractivity contribution in [3.05, 3.63) is 10.6 Å². The molecule has 4 aliphatic heterocycles. The van der Waals surface area contributed by atoms with Crippen LogP contribution in [0.5, 0.6) is 0 Å². The van der Waals surface area contributed by atoms with E-state index in [4.69, 9.17) is 11.5 Å². The summed E-state index contributed by atoms with van der Waals surface area (Å²) in [5.74, 6) is -2.71. The zero-order valence-electron chi connectivity index (χ0n) is 20.3. The second-order valence-corrected chi connectivity index (χ2v) is 11.0. The van der Waals surface area contributed by atoms with Crippen molar-refractivity contribution in [2.75, 3.05) is 39.3 Å². The number of hydrogen-bond acceptors (Lipinski definition) is 8. The second-order valence-electron chi connectivity index (χ2n) is 9.66. The van der Waals surface area contributed by atoms with Gasteiger partial charge in [-0.3, -0.25) is 14.4 Å². The standard InChI is InChI=1S/C22H33N7O6S/c1-10-16-15(11(2)30)20(33)29(16)17(21(34)35)18(10)36-12-7-13(25-8-12)19(32)28-5-3-27(4-6-28)14(31)9-26-22(23)24/h10-13,15-16,25,30H,3-9H2,1-2H3,(H,34,35)(H4,23,24,26)/t10-,11-,12+,13+,15-,16-/m1/s1. The Morgan fingerprint density at radius 3 is 2.42 bits per heavy atom. The first kappa shape index (κ1) is 26.2. The highest BCUT2D eigenvalue weighted by Gasteiger charge is 2.60. The van der Waals surface area contributed by atoms with Gasteiger partial charge in [-0.1, -0.05) is 6.92 Å². The highest BCUT2D eigenvalue weighted by atomic mass is 32.2. The van der Waals surface area contributed by atoms with Gasteiger partial charge < -0.3 is 41.7 Å². The largest absolute Gasteiger partial charge is 0.477 e. The molecule has 0 unspecified atom stereocenters. The number of piperazine rings is 1. The summed E-state index contributed by atoms with van der Waals surface area (Å²) in [5.41, 5.74) is 10.5. The quantitative estimate of drug-likeness (QED) is 0.136. The molecular weight excluding hydrogens is 490 g/mol. The molecule has 4 aliphatic rings. The van der Waals surface area contributed by atoms with Crippen LogP contribution in [0.1, 0.15) is 20.3 Å². The molecule has 0 aromatic carbocycles. The Kier molecular flexibility index (Phi) is 7.48. The number of carbonyl (C=O) groups excluding carboxylic acids is 3. The number of nitrogens with two attached hydrogens (primary N) is 2. The van der Waals surface area contributed by atoms with E-state index in [1.54, 1.807) is 16.7 Å². The van der Waals surface area contributed by atoms with Crippen LogP contribution in [0.2, 0.25) is 0 Å². The van der Waals surface area contributed by atoms with Crippen molar-refractivity contribution >= 4 is 41.4 Å². The Morgan fingerprint density at radius 2 is 1.83 bits per heavy atom. The molecule has 0 aromatic rings. The van der Waals surface area contributed by atoms with Crippen LogP contribution in [0.3, 0.4) is 0 Å². The van der Waals surface area contributed by atoms with E-state index in [1.807, 2.05) is 6.92 Å². The molecule has 7 N–H and O–H groups in total. The van der Waals surface area contributed by atoms with Gasteiger partial charge in [0, 0.05) is 48.8 Å². The summed E-state index contributed by atoms with van der Waals surface area (Å²) in [6.07, 6.45) is -0.327. The predicted octanol–water partition coefficient (Wildman–Crippen LogP) is -2.45.